The Bertz CT molecular complexity index is 628. The maximum Gasteiger partial charge on any atom is 0.311 e. The Morgan fingerprint density at radius 2 is 1.04 bits per heavy atom. The van der Waals surface area contributed by atoms with Crippen LogP contribution in [0.1, 0.15) is 34.1 Å². The van der Waals surface area contributed by atoms with Crippen LogP contribution in [0, 0.1) is 10.8 Å². The van der Waals surface area contributed by atoms with Crippen molar-refractivity contribution in [1.29, 1.82) is 0 Å². The fourth-order valence-corrected chi connectivity index (χ4v) is 3.49. The molecule has 10 nitrogen and oxygen atoms in total. The first-order valence-corrected chi connectivity index (χ1v) is 10.4. The molecular formula is C13H24O10S2. The summed E-state index contributed by atoms with van der Waals surface area (Å²) in [4.78, 5) is 21.7. The molecule has 0 aliphatic rings. The molecule has 0 heterocycles. The standard InChI is InChI=1S/C13H24O10S2/c1-12(2,10(14)15)8-22-24(18,19)6-5-7-25(20,21)23-9-13(3,4)11(16)17/h5-9H2,1-4H3,(H,14,15)(H,16,17). The van der Waals surface area contributed by atoms with Crippen molar-refractivity contribution in [3.63, 3.8) is 0 Å². The number of carbonyl (C=O) groups is 2. The van der Waals surface area contributed by atoms with Gasteiger partial charge in [0.05, 0.1) is 35.5 Å². The van der Waals surface area contributed by atoms with Gasteiger partial charge in [-0.25, -0.2) is 0 Å². The van der Waals surface area contributed by atoms with Crippen molar-refractivity contribution in [2.24, 2.45) is 10.8 Å². The number of hydrogen-bond donors (Lipinski definition) is 2. The Morgan fingerprint density at radius 1 is 0.760 bits per heavy atom. The van der Waals surface area contributed by atoms with Gasteiger partial charge in [-0.2, -0.15) is 16.8 Å². The van der Waals surface area contributed by atoms with Crippen LogP contribution in [-0.2, 0) is 38.2 Å². The van der Waals surface area contributed by atoms with E-state index in [9.17, 15) is 26.4 Å². The Hall–Kier alpha value is -1.24. The summed E-state index contributed by atoms with van der Waals surface area (Å²) in [6.07, 6.45) is -0.342. The molecule has 2 N–H and O–H groups in total. The molecule has 0 atom stereocenters. The normalized spacial score (nSPS) is 13.6. The summed E-state index contributed by atoms with van der Waals surface area (Å²) in [5.41, 5.74) is -2.82. The molecule has 0 aromatic rings. The maximum absolute atomic E-state index is 11.7. The van der Waals surface area contributed by atoms with E-state index in [0.717, 1.165) is 0 Å². The van der Waals surface area contributed by atoms with Crippen LogP contribution >= 0.6 is 0 Å². The predicted molar refractivity (Wildman–Crippen MR) is 86.9 cm³/mol. The lowest BCUT2D eigenvalue weighted by Gasteiger charge is -2.19. The fourth-order valence-electron chi connectivity index (χ4n) is 1.13. The minimum Gasteiger partial charge on any atom is -0.481 e. The second kappa shape index (κ2) is 8.43. The van der Waals surface area contributed by atoms with Crippen LogP contribution in [0.5, 0.6) is 0 Å². The topological polar surface area (TPSA) is 161 Å². The van der Waals surface area contributed by atoms with Gasteiger partial charge >= 0.3 is 11.9 Å². The molecule has 0 saturated carbocycles. The molecule has 0 radical (unpaired) electrons. The molecule has 148 valence electrons. The van der Waals surface area contributed by atoms with Gasteiger partial charge in [-0.05, 0) is 34.1 Å². The molecule has 0 amide bonds. The number of hydrogen-bond acceptors (Lipinski definition) is 8. The minimum absolute atomic E-state index is 0.342. The van der Waals surface area contributed by atoms with E-state index >= 15 is 0 Å². The lowest BCUT2D eigenvalue weighted by Crippen LogP contribution is -2.32. The molecule has 0 spiro atoms. The highest BCUT2D eigenvalue weighted by Crippen LogP contribution is 2.18. The zero-order valence-electron chi connectivity index (χ0n) is 14.5. The molecule has 0 unspecified atom stereocenters. The molecular weight excluding hydrogens is 380 g/mol. The molecule has 0 aromatic carbocycles. The summed E-state index contributed by atoms with van der Waals surface area (Å²) in [6, 6.07) is 0. The zero-order valence-corrected chi connectivity index (χ0v) is 16.1. The van der Waals surface area contributed by atoms with Gasteiger partial charge in [0.15, 0.2) is 0 Å². The molecule has 25 heavy (non-hydrogen) atoms. The van der Waals surface area contributed by atoms with E-state index in [1.54, 1.807) is 0 Å². The number of rotatable bonds is 12. The highest BCUT2D eigenvalue weighted by atomic mass is 32.2. The monoisotopic (exact) mass is 404 g/mol. The first-order chi connectivity index (χ1) is 11.0. The molecule has 0 bridgehead atoms. The molecule has 0 fully saturated rings. The highest BCUT2D eigenvalue weighted by molar-refractivity contribution is 7.87. The van der Waals surface area contributed by atoms with Crippen molar-refractivity contribution in [2.45, 2.75) is 34.1 Å². The van der Waals surface area contributed by atoms with Crippen molar-refractivity contribution in [3.8, 4) is 0 Å². The average Bonchev–Trinajstić information content (AvgIpc) is 2.43. The summed E-state index contributed by atoms with van der Waals surface area (Å²) in [7, 11) is -8.21. The van der Waals surface area contributed by atoms with Crippen LogP contribution in [-0.4, -0.2) is 63.7 Å². The third-order valence-electron chi connectivity index (χ3n) is 3.15. The summed E-state index contributed by atoms with van der Waals surface area (Å²) in [5.74, 6) is -3.76. The van der Waals surface area contributed by atoms with Crippen molar-refractivity contribution >= 4 is 32.2 Å². The molecule has 0 aliphatic heterocycles. The third-order valence-corrected chi connectivity index (χ3v) is 5.68. The van der Waals surface area contributed by atoms with Gasteiger partial charge < -0.3 is 10.2 Å². The number of aliphatic carboxylic acids is 2. The number of carboxylic acid groups (broad SMARTS) is 2. The second-order valence-corrected chi connectivity index (χ2v) is 10.3. The lowest BCUT2D eigenvalue weighted by atomic mass is 9.96. The van der Waals surface area contributed by atoms with Crippen LogP contribution in [0.25, 0.3) is 0 Å². The van der Waals surface area contributed by atoms with E-state index in [2.05, 4.69) is 8.37 Å². The van der Waals surface area contributed by atoms with Gasteiger partial charge in [-0.3, -0.25) is 18.0 Å². The number of carboxylic acids is 2. The predicted octanol–water partition coefficient (Wildman–Crippen LogP) is 0.291. The second-order valence-electron chi connectivity index (χ2n) is 6.78. The van der Waals surface area contributed by atoms with E-state index in [-0.39, 0.29) is 6.42 Å². The Labute approximate surface area is 147 Å². The Balaban J connectivity index is 4.49. The van der Waals surface area contributed by atoms with Gasteiger partial charge in [0.25, 0.3) is 20.2 Å². The summed E-state index contributed by atoms with van der Waals surface area (Å²) >= 11 is 0. The van der Waals surface area contributed by atoms with E-state index in [1.807, 2.05) is 0 Å². The van der Waals surface area contributed by atoms with Crippen molar-refractivity contribution in [1.82, 2.24) is 0 Å². The lowest BCUT2D eigenvalue weighted by molar-refractivity contribution is -0.149. The SMILES string of the molecule is CC(C)(COS(=O)(=O)CCCS(=O)(=O)OCC(C)(C)C(=O)O)C(=O)O. The highest BCUT2D eigenvalue weighted by Gasteiger charge is 2.31. The first kappa shape index (κ1) is 23.8. The van der Waals surface area contributed by atoms with Crippen LogP contribution in [0.4, 0.5) is 0 Å². The van der Waals surface area contributed by atoms with Crippen molar-refractivity contribution in [3.05, 3.63) is 0 Å². The zero-order chi connectivity index (χ0) is 20.1. The summed E-state index contributed by atoms with van der Waals surface area (Å²) in [6.45, 7) is 3.98. The van der Waals surface area contributed by atoms with Crippen LogP contribution in [0.2, 0.25) is 0 Å². The quantitative estimate of drug-likeness (QED) is 0.432. The van der Waals surface area contributed by atoms with Crippen LogP contribution in [0.3, 0.4) is 0 Å². The Kier molecular flexibility index (Phi) is 8.01. The summed E-state index contributed by atoms with van der Waals surface area (Å²) < 4.78 is 55.8. The van der Waals surface area contributed by atoms with E-state index in [1.165, 1.54) is 27.7 Å². The van der Waals surface area contributed by atoms with Crippen LogP contribution < -0.4 is 0 Å². The van der Waals surface area contributed by atoms with Gasteiger partial charge in [0.1, 0.15) is 0 Å². The van der Waals surface area contributed by atoms with Crippen LogP contribution in [0.15, 0.2) is 0 Å². The Morgan fingerprint density at radius 3 is 1.28 bits per heavy atom. The van der Waals surface area contributed by atoms with E-state index in [4.69, 9.17) is 10.2 Å². The van der Waals surface area contributed by atoms with E-state index in [0.29, 0.717) is 0 Å². The van der Waals surface area contributed by atoms with Gasteiger partial charge in [-0.15, -0.1) is 0 Å². The summed E-state index contributed by atoms with van der Waals surface area (Å²) in [5, 5.41) is 17.7. The molecule has 0 rings (SSSR count). The largest absolute Gasteiger partial charge is 0.481 e. The maximum atomic E-state index is 11.7. The van der Waals surface area contributed by atoms with E-state index < -0.39 is 67.7 Å². The van der Waals surface area contributed by atoms with Gasteiger partial charge in [-0.1, -0.05) is 0 Å². The average molecular weight is 404 g/mol. The smallest absolute Gasteiger partial charge is 0.311 e. The van der Waals surface area contributed by atoms with Gasteiger partial charge in [0.2, 0.25) is 0 Å². The molecule has 0 aliphatic carbocycles. The minimum atomic E-state index is -4.10. The first-order valence-electron chi connectivity index (χ1n) is 7.22. The molecule has 0 saturated heterocycles. The molecule has 0 aromatic heterocycles. The molecule has 12 heteroatoms. The van der Waals surface area contributed by atoms with Crippen molar-refractivity contribution < 1.29 is 45.0 Å². The van der Waals surface area contributed by atoms with Crippen molar-refractivity contribution in [2.75, 3.05) is 24.7 Å². The van der Waals surface area contributed by atoms with Gasteiger partial charge in [0, 0.05) is 0 Å². The fraction of sp³-hybridized carbons (Fsp3) is 0.846. The third kappa shape index (κ3) is 9.14.